The minimum Gasteiger partial charge on any atom is -0.341 e. The smallest absolute Gasteiger partial charge is 0.0487 e. The highest BCUT2D eigenvalue weighted by Gasteiger charge is 2.11. The number of para-hydroxylation sites is 1. The lowest BCUT2D eigenvalue weighted by Crippen LogP contribution is -2.20. The third-order valence-electron chi connectivity index (χ3n) is 3.12. The quantitative estimate of drug-likeness (QED) is 0.858. The summed E-state index contributed by atoms with van der Waals surface area (Å²) in [4.78, 5) is 6.56. The Morgan fingerprint density at radius 1 is 1.11 bits per heavy atom. The van der Waals surface area contributed by atoms with Crippen molar-refractivity contribution in [1.29, 1.82) is 0 Å². The van der Waals surface area contributed by atoms with Gasteiger partial charge in [-0.2, -0.15) is 0 Å². The van der Waals surface area contributed by atoms with E-state index in [1.54, 1.807) is 0 Å². The van der Waals surface area contributed by atoms with E-state index in [9.17, 15) is 0 Å². The van der Waals surface area contributed by atoms with Gasteiger partial charge in [0.15, 0.2) is 0 Å². The van der Waals surface area contributed by atoms with Crippen molar-refractivity contribution in [3.05, 3.63) is 54.4 Å². The summed E-state index contributed by atoms with van der Waals surface area (Å²) < 4.78 is 0. The third kappa shape index (κ3) is 3.32. The Morgan fingerprint density at radius 3 is 2.58 bits per heavy atom. The summed E-state index contributed by atoms with van der Waals surface area (Å²) in [7, 11) is 0. The third-order valence-corrected chi connectivity index (χ3v) is 3.12. The van der Waals surface area contributed by atoms with E-state index >= 15 is 0 Å². The molecule has 0 aliphatic carbocycles. The van der Waals surface area contributed by atoms with E-state index in [-0.39, 0.29) is 0 Å². The molecule has 19 heavy (non-hydrogen) atoms. The molecule has 1 aromatic carbocycles. The van der Waals surface area contributed by atoms with E-state index < -0.39 is 0 Å². The molecular formula is C16H21N3. The van der Waals surface area contributed by atoms with Crippen LogP contribution < -0.4 is 10.2 Å². The van der Waals surface area contributed by atoms with Crippen LogP contribution in [0.2, 0.25) is 0 Å². The molecule has 1 N–H and O–H groups in total. The first kappa shape index (κ1) is 13.6. The van der Waals surface area contributed by atoms with E-state index in [1.165, 1.54) is 16.9 Å². The van der Waals surface area contributed by atoms with E-state index in [4.69, 9.17) is 0 Å². The second kappa shape index (κ2) is 6.90. The van der Waals surface area contributed by atoms with E-state index in [1.807, 2.05) is 18.5 Å². The highest BCUT2D eigenvalue weighted by Crippen LogP contribution is 2.27. The zero-order valence-corrected chi connectivity index (χ0v) is 11.6. The molecule has 0 unspecified atom stereocenters. The number of anilines is 2. The fourth-order valence-electron chi connectivity index (χ4n) is 2.18. The number of nitrogens with one attached hydrogen (secondary N) is 1. The Hall–Kier alpha value is -1.87. The van der Waals surface area contributed by atoms with Crippen LogP contribution in [0, 0.1) is 0 Å². The number of nitrogens with zero attached hydrogens (tertiary/aromatic N) is 2. The molecule has 2 aromatic rings. The molecule has 1 heterocycles. The Labute approximate surface area is 115 Å². The first-order valence-electron chi connectivity index (χ1n) is 6.83. The maximum absolute atomic E-state index is 4.24. The first-order chi connectivity index (χ1) is 9.36. The summed E-state index contributed by atoms with van der Waals surface area (Å²) in [6.07, 6.45) is 3.81. The molecule has 0 spiro atoms. The molecule has 3 nitrogen and oxygen atoms in total. The maximum Gasteiger partial charge on any atom is 0.0487 e. The fraction of sp³-hybridized carbons (Fsp3) is 0.312. The van der Waals surface area contributed by atoms with Crippen LogP contribution in [-0.2, 0) is 6.54 Å². The summed E-state index contributed by atoms with van der Waals surface area (Å²) >= 11 is 0. The predicted octanol–water partition coefficient (Wildman–Crippen LogP) is 3.35. The Morgan fingerprint density at radius 2 is 1.89 bits per heavy atom. The minimum atomic E-state index is 0.850. The minimum absolute atomic E-state index is 0.850. The summed E-state index contributed by atoms with van der Waals surface area (Å²) in [5.41, 5.74) is 3.67. The maximum atomic E-state index is 4.24. The lowest BCUT2D eigenvalue weighted by atomic mass is 10.2. The molecule has 2 rings (SSSR count). The predicted molar refractivity (Wildman–Crippen MR) is 80.7 cm³/mol. The average Bonchev–Trinajstić information content (AvgIpc) is 2.48. The van der Waals surface area contributed by atoms with Gasteiger partial charge >= 0.3 is 0 Å². The van der Waals surface area contributed by atoms with Crippen LogP contribution in [0.4, 0.5) is 11.4 Å². The molecule has 3 heteroatoms. The van der Waals surface area contributed by atoms with Gasteiger partial charge in [0, 0.05) is 42.4 Å². The van der Waals surface area contributed by atoms with Crippen LogP contribution in [-0.4, -0.2) is 18.1 Å². The molecule has 0 aliphatic rings. The average molecular weight is 255 g/mol. The van der Waals surface area contributed by atoms with E-state index in [0.717, 1.165) is 19.6 Å². The molecule has 100 valence electrons. The van der Waals surface area contributed by atoms with Crippen molar-refractivity contribution < 1.29 is 0 Å². The number of hydrogen-bond donors (Lipinski definition) is 1. The van der Waals surface area contributed by atoms with Gasteiger partial charge in [-0.3, -0.25) is 4.98 Å². The Bertz CT molecular complexity index is 496. The zero-order valence-electron chi connectivity index (χ0n) is 11.6. The first-order valence-corrected chi connectivity index (χ1v) is 6.83. The number of aromatic nitrogens is 1. The number of pyridine rings is 1. The van der Waals surface area contributed by atoms with Gasteiger partial charge in [-0.05, 0) is 31.7 Å². The SMILES string of the molecule is CCNCc1cnccc1N(CC)c1ccccc1. The van der Waals surface area contributed by atoms with Crippen LogP contribution in [0.5, 0.6) is 0 Å². The van der Waals surface area contributed by atoms with Crippen molar-refractivity contribution in [2.24, 2.45) is 0 Å². The van der Waals surface area contributed by atoms with Crippen LogP contribution in [0.1, 0.15) is 19.4 Å². The van der Waals surface area contributed by atoms with Crippen molar-refractivity contribution in [3.8, 4) is 0 Å². The van der Waals surface area contributed by atoms with Crippen molar-refractivity contribution in [2.45, 2.75) is 20.4 Å². The molecule has 0 aliphatic heterocycles. The second-order valence-corrected chi connectivity index (χ2v) is 4.36. The van der Waals surface area contributed by atoms with E-state index in [2.05, 4.69) is 59.4 Å². The normalized spacial score (nSPS) is 10.4. The lowest BCUT2D eigenvalue weighted by molar-refractivity contribution is 0.723. The van der Waals surface area contributed by atoms with Gasteiger partial charge in [-0.1, -0.05) is 25.1 Å². The zero-order chi connectivity index (χ0) is 13.5. The van der Waals surface area contributed by atoms with Crippen LogP contribution >= 0.6 is 0 Å². The molecule has 0 saturated carbocycles. The summed E-state index contributed by atoms with van der Waals surface area (Å²) in [6.45, 7) is 7.04. The topological polar surface area (TPSA) is 28.2 Å². The highest BCUT2D eigenvalue weighted by molar-refractivity contribution is 5.65. The van der Waals surface area contributed by atoms with Crippen LogP contribution in [0.15, 0.2) is 48.8 Å². The Kier molecular flexibility index (Phi) is 4.93. The standard InChI is InChI=1S/C16H21N3/c1-3-17-12-14-13-18-11-10-16(14)19(4-2)15-8-6-5-7-9-15/h5-11,13,17H,3-4,12H2,1-2H3. The van der Waals surface area contributed by atoms with Gasteiger partial charge in [0.2, 0.25) is 0 Å². The highest BCUT2D eigenvalue weighted by atomic mass is 15.1. The number of benzene rings is 1. The number of hydrogen-bond acceptors (Lipinski definition) is 3. The van der Waals surface area contributed by atoms with Gasteiger partial charge in [-0.25, -0.2) is 0 Å². The monoisotopic (exact) mass is 255 g/mol. The Balaban J connectivity index is 2.33. The molecule has 0 bridgehead atoms. The van der Waals surface area contributed by atoms with Crippen LogP contribution in [0.25, 0.3) is 0 Å². The van der Waals surface area contributed by atoms with Crippen molar-refractivity contribution >= 4 is 11.4 Å². The van der Waals surface area contributed by atoms with Crippen molar-refractivity contribution in [1.82, 2.24) is 10.3 Å². The molecular weight excluding hydrogens is 234 g/mol. The van der Waals surface area contributed by atoms with Gasteiger partial charge < -0.3 is 10.2 Å². The fourth-order valence-corrected chi connectivity index (χ4v) is 2.18. The second-order valence-electron chi connectivity index (χ2n) is 4.36. The molecule has 1 aromatic heterocycles. The van der Waals surface area contributed by atoms with Crippen molar-refractivity contribution in [2.75, 3.05) is 18.0 Å². The summed E-state index contributed by atoms with van der Waals surface area (Å²) in [5, 5.41) is 3.37. The summed E-state index contributed by atoms with van der Waals surface area (Å²) in [6, 6.07) is 12.6. The molecule has 0 amide bonds. The van der Waals surface area contributed by atoms with Crippen LogP contribution in [0.3, 0.4) is 0 Å². The van der Waals surface area contributed by atoms with Gasteiger partial charge in [0.1, 0.15) is 0 Å². The largest absolute Gasteiger partial charge is 0.341 e. The van der Waals surface area contributed by atoms with Gasteiger partial charge in [0.05, 0.1) is 0 Å². The molecule has 0 radical (unpaired) electrons. The number of rotatable bonds is 6. The lowest BCUT2D eigenvalue weighted by Gasteiger charge is -2.25. The summed E-state index contributed by atoms with van der Waals surface area (Å²) in [5.74, 6) is 0. The molecule has 0 atom stereocenters. The van der Waals surface area contributed by atoms with Gasteiger partial charge in [-0.15, -0.1) is 0 Å². The van der Waals surface area contributed by atoms with Gasteiger partial charge in [0.25, 0.3) is 0 Å². The molecule has 0 fully saturated rings. The molecule has 0 saturated heterocycles. The van der Waals surface area contributed by atoms with Crippen molar-refractivity contribution in [3.63, 3.8) is 0 Å². The van der Waals surface area contributed by atoms with E-state index in [0.29, 0.717) is 0 Å².